The Morgan fingerprint density at radius 3 is 2.68 bits per heavy atom. The number of halogens is 1. The van der Waals surface area contributed by atoms with Crippen molar-refractivity contribution in [2.75, 3.05) is 26.3 Å². The summed E-state index contributed by atoms with van der Waals surface area (Å²) in [5.74, 6) is 1.30. The molecule has 31 heavy (non-hydrogen) atoms. The SMILES string of the molecule is C[C@@H]1CO[C@H]2[C@@H]1OC[C@H]2Oc1nc2nc(-c3ccc(C4=NCCN4)cc3)c(Cl)cc2[nH]1. The fourth-order valence-electron chi connectivity index (χ4n) is 4.43. The van der Waals surface area contributed by atoms with Crippen LogP contribution in [-0.4, -0.2) is 65.4 Å². The summed E-state index contributed by atoms with van der Waals surface area (Å²) in [7, 11) is 0. The molecule has 0 unspecified atom stereocenters. The van der Waals surface area contributed by atoms with E-state index in [9.17, 15) is 0 Å². The molecule has 2 fully saturated rings. The van der Waals surface area contributed by atoms with Gasteiger partial charge in [-0.15, -0.1) is 0 Å². The van der Waals surface area contributed by atoms with Gasteiger partial charge in [0, 0.05) is 23.6 Å². The van der Waals surface area contributed by atoms with Crippen LogP contribution < -0.4 is 10.1 Å². The average molecular weight is 440 g/mol. The number of nitrogens with one attached hydrogen (secondary N) is 2. The zero-order valence-electron chi connectivity index (χ0n) is 17.0. The summed E-state index contributed by atoms with van der Waals surface area (Å²) in [6.07, 6.45) is -0.167. The molecule has 2 aromatic heterocycles. The van der Waals surface area contributed by atoms with Gasteiger partial charge < -0.3 is 24.5 Å². The number of H-pyrrole nitrogens is 1. The lowest BCUT2D eigenvalue weighted by molar-refractivity contribution is 0.0262. The molecule has 0 spiro atoms. The van der Waals surface area contributed by atoms with Crippen LogP contribution in [0.2, 0.25) is 5.02 Å². The lowest BCUT2D eigenvalue weighted by Gasteiger charge is -2.15. The van der Waals surface area contributed by atoms with E-state index in [2.05, 4.69) is 32.2 Å². The highest BCUT2D eigenvalue weighted by Gasteiger charge is 2.47. The van der Waals surface area contributed by atoms with Gasteiger partial charge in [0.15, 0.2) is 11.8 Å². The molecule has 160 valence electrons. The number of amidine groups is 1. The maximum atomic E-state index is 6.55. The zero-order valence-corrected chi connectivity index (χ0v) is 17.7. The third kappa shape index (κ3) is 3.35. The highest BCUT2D eigenvalue weighted by Crippen LogP contribution is 2.34. The van der Waals surface area contributed by atoms with Crippen molar-refractivity contribution in [3.8, 4) is 17.3 Å². The number of hydrogen-bond acceptors (Lipinski definition) is 7. The van der Waals surface area contributed by atoms with Crippen molar-refractivity contribution in [2.45, 2.75) is 25.2 Å². The molecule has 3 aliphatic heterocycles. The van der Waals surface area contributed by atoms with Gasteiger partial charge in [-0.25, -0.2) is 4.98 Å². The first-order valence-electron chi connectivity index (χ1n) is 10.5. The van der Waals surface area contributed by atoms with Crippen molar-refractivity contribution < 1.29 is 14.2 Å². The van der Waals surface area contributed by atoms with Crippen molar-refractivity contribution >= 4 is 28.6 Å². The van der Waals surface area contributed by atoms with E-state index < -0.39 is 0 Å². The lowest BCUT2D eigenvalue weighted by Crippen LogP contribution is -2.33. The van der Waals surface area contributed by atoms with Crippen molar-refractivity contribution in [2.24, 2.45) is 10.9 Å². The number of ether oxygens (including phenoxy) is 3. The van der Waals surface area contributed by atoms with E-state index >= 15 is 0 Å². The van der Waals surface area contributed by atoms with Crippen LogP contribution in [0.4, 0.5) is 0 Å². The number of rotatable bonds is 4. The molecule has 0 saturated carbocycles. The van der Waals surface area contributed by atoms with E-state index in [0.717, 1.165) is 35.6 Å². The Morgan fingerprint density at radius 2 is 1.87 bits per heavy atom. The molecule has 2 saturated heterocycles. The third-order valence-electron chi connectivity index (χ3n) is 6.03. The van der Waals surface area contributed by atoms with Crippen molar-refractivity contribution in [3.05, 3.63) is 40.9 Å². The monoisotopic (exact) mass is 439 g/mol. The third-order valence-corrected chi connectivity index (χ3v) is 6.32. The van der Waals surface area contributed by atoms with Crippen molar-refractivity contribution in [1.29, 1.82) is 0 Å². The summed E-state index contributed by atoms with van der Waals surface area (Å²) < 4.78 is 17.8. The number of aromatic nitrogens is 3. The molecule has 6 rings (SSSR count). The van der Waals surface area contributed by atoms with Crippen molar-refractivity contribution in [3.63, 3.8) is 0 Å². The van der Waals surface area contributed by atoms with Crippen LogP contribution in [0.5, 0.6) is 6.01 Å². The predicted molar refractivity (Wildman–Crippen MR) is 117 cm³/mol. The minimum absolute atomic E-state index is 0.0622. The molecule has 1 aromatic carbocycles. The Kier molecular flexibility index (Phi) is 4.59. The van der Waals surface area contributed by atoms with E-state index in [-0.39, 0.29) is 18.3 Å². The molecule has 2 N–H and O–H groups in total. The van der Waals surface area contributed by atoms with E-state index in [0.29, 0.717) is 41.5 Å². The van der Waals surface area contributed by atoms with Crippen LogP contribution in [0.3, 0.4) is 0 Å². The summed E-state index contributed by atoms with van der Waals surface area (Å²) in [6, 6.07) is 10.3. The number of benzene rings is 1. The van der Waals surface area contributed by atoms with E-state index in [1.807, 2.05) is 30.3 Å². The molecule has 4 atom stereocenters. The number of aliphatic imine (C=N–C) groups is 1. The van der Waals surface area contributed by atoms with Crippen LogP contribution in [-0.2, 0) is 9.47 Å². The maximum absolute atomic E-state index is 6.55. The molecule has 0 amide bonds. The van der Waals surface area contributed by atoms with Gasteiger partial charge in [-0.05, 0) is 6.07 Å². The number of hydrogen-bond donors (Lipinski definition) is 2. The van der Waals surface area contributed by atoms with Gasteiger partial charge in [0.05, 0.1) is 42.1 Å². The molecule has 9 heteroatoms. The summed E-state index contributed by atoms with van der Waals surface area (Å²) in [4.78, 5) is 16.8. The molecule has 3 aromatic rings. The molecule has 0 radical (unpaired) electrons. The van der Waals surface area contributed by atoms with Gasteiger partial charge in [0.1, 0.15) is 11.9 Å². The largest absolute Gasteiger partial charge is 0.456 e. The standard InChI is InChI=1S/C22H22ClN5O3/c1-11-9-29-19-16(10-30-18(11)19)31-22-26-15-8-14(23)17(27-21(15)28-22)12-2-4-13(5-3-12)20-24-6-7-25-20/h2-5,8,11,16,18-19H,6-7,9-10H2,1H3,(H,24,25)(H,26,27,28)/t11-,16-,18-,19-/m1/s1. The molecule has 8 nitrogen and oxygen atoms in total. The number of pyridine rings is 1. The second kappa shape index (κ2) is 7.47. The second-order valence-corrected chi connectivity index (χ2v) is 8.60. The Morgan fingerprint density at radius 1 is 1.06 bits per heavy atom. The summed E-state index contributed by atoms with van der Waals surface area (Å²) >= 11 is 6.55. The highest BCUT2D eigenvalue weighted by atomic mass is 35.5. The molecule has 3 aliphatic rings. The molecule has 5 heterocycles. The first-order valence-corrected chi connectivity index (χ1v) is 10.9. The normalized spacial score (nSPS) is 27.4. The minimum atomic E-state index is -0.190. The zero-order chi connectivity index (χ0) is 20.9. The number of aromatic amines is 1. The maximum Gasteiger partial charge on any atom is 0.296 e. The van der Waals surface area contributed by atoms with Crippen molar-refractivity contribution in [1.82, 2.24) is 20.3 Å². The topological polar surface area (TPSA) is 93.7 Å². The fraction of sp³-hybridized carbons (Fsp3) is 0.409. The highest BCUT2D eigenvalue weighted by molar-refractivity contribution is 6.33. The Bertz CT molecular complexity index is 1160. The molecular weight excluding hydrogens is 418 g/mol. The van der Waals surface area contributed by atoms with Crippen LogP contribution in [0.1, 0.15) is 12.5 Å². The number of nitrogens with zero attached hydrogens (tertiary/aromatic N) is 3. The van der Waals surface area contributed by atoms with Crippen LogP contribution in [0.25, 0.3) is 22.4 Å². The van der Waals surface area contributed by atoms with E-state index in [1.165, 1.54) is 0 Å². The summed E-state index contributed by atoms with van der Waals surface area (Å²) in [6.45, 7) is 5.00. The smallest absolute Gasteiger partial charge is 0.296 e. The number of imidazole rings is 1. The number of fused-ring (bicyclic) bond motifs is 2. The average Bonchev–Trinajstić information content (AvgIpc) is 3.55. The Balaban J connectivity index is 1.25. The predicted octanol–water partition coefficient (Wildman–Crippen LogP) is 2.81. The van der Waals surface area contributed by atoms with Gasteiger partial charge in [0.25, 0.3) is 6.01 Å². The quantitative estimate of drug-likeness (QED) is 0.649. The minimum Gasteiger partial charge on any atom is -0.456 e. The summed E-state index contributed by atoms with van der Waals surface area (Å²) in [5, 5.41) is 3.82. The second-order valence-electron chi connectivity index (χ2n) is 8.20. The fourth-order valence-corrected chi connectivity index (χ4v) is 4.69. The van der Waals surface area contributed by atoms with Gasteiger partial charge in [-0.3, -0.25) is 4.99 Å². The lowest BCUT2D eigenvalue weighted by atomic mass is 10.0. The molecule has 0 aliphatic carbocycles. The summed E-state index contributed by atoms with van der Waals surface area (Å²) in [5.41, 5.74) is 3.92. The Hall–Kier alpha value is -2.68. The van der Waals surface area contributed by atoms with Gasteiger partial charge >= 0.3 is 0 Å². The first-order chi connectivity index (χ1) is 15.2. The molecule has 0 bridgehead atoms. The van der Waals surface area contributed by atoms with Gasteiger partial charge in [-0.2, -0.15) is 4.98 Å². The van der Waals surface area contributed by atoms with Crippen LogP contribution in [0.15, 0.2) is 35.3 Å². The van der Waals surface area contributed by atoms with Crippen LogP contribution >= 0.6 is 11.6 Å². The van der Waals surface area contributed by atoms with E-state index in [1.54, 1.807) is 0 Å². The van der Waals surface area contributed by atoms with Crippen LogP contribution in [0, 0.1) is 5.92 Å². The van der Waals surface area contributed by atoms with Gasteiger partial charge in [-0.1, -0.05) is 42.8 Å². The van der Waals surface area contributed by atoms with Gasteiger partial charge in [0.2, 0.25) is 0 Å². The first kappa shape index (κ1) is 19.0. The van der Waals surface area contributed by atoms with E-state index in [4.69, 9.17) is 25.8 Å². The molecular formula is C22H22ClN5O3. The Labute approximate surface area is 184 Å².